The van der Waals surface area contributed by atoms with Crippen LogP contribution in [0.2, 0.25) is 0 Å². The molecule has 0 saturated carbocycles. The Kier molecular flexibility index (Phi) is 1.95. The maximum absolute atomic E-state index is 11.8. The van der Waals surface area contributed by atoms with Crippen molar-refractivity contribution in [2.75, 3.05) is 0 Å². The molecule has 2 aromatic carbocycles. The van der Waals surface area contributed by atoms with E-state index < -0.39 is 0 Å². The zero-order valence-electron chi connectivity index (χ0n) is 8.97. The molecule has 84 valence electrons. The SMILES string of the molecule is O=C1CC=Cc2cc3cccc(O)c3c(O)c21. The zero-order chi connectivity index (χ0) is 12.0. The van der Waals surface area contributed by atoms with Crippen LogP contribution in [0.4, 0.5) is 0 Å². The van der Waals surface area contributed by atoms with Gasteiger partial charge in [-0.05, 0) is 23.1 Å². The molecule has 0 atom stereocenters. The third-order valence-electron chi connectivity index (χ3n) is 3.03. The molecular formula is C14H10O3. The topological polar surface area (TPSA) is 57.5 Å². The molecule has 0 aliphatic heterocycles. The molecule has 2 aromatic rings. The van der Waals surface area contributed by atoms with Crippen LogP contribution in [0.3, 0.4) is 0 Å². The Balaban J connectivity index is 2.50. The number of carbonyl (C=O) groups is 1. The summed E-state index contributed by atoms with van der Waals surface area (Å²) in [6.45, 7) is 0. The van der Waals surface area contributed by atoms with E-state index in [0.717, 1.165) is 5.39 Å². The molecule has 0 aromatic heterocycles. The van der Waals surface area contributed by atoms with E-state index >= 15 is 0 Å². The highest BCUT2D eigenvalue weighted by molar-refractivity contribution is 6.11. The van der Waals surface area contributed by atoms with Crippen LogP contribution in [0.25, 0.3) is 16.8 Å². The van der Waals surface area contributed by atoms with Crippen LogP contribution in [-0.2, 0) is 0 Å². The number of aromatic hydroxyl groups is 2. The number of hydrogen-bond acceptors (Lipinski definition) is 3. The number of carbonyl (C=O) groups excluding carboxylic acids is 1. The van der Waals surface area contributed by atoms with Crippen LogP contribution >= 0.6 is 0 Å². The number of phenols is 2. The standard InChI is InChI=1S/C14H10O3/c15-10-5-1-3-8-7-9-4-2-6-11(16)13(9)14(17)12(8)10/h1-5,7,15,17H,6H2. The second-order valence-corrected chi connectivity index (χ2v) is 4.09. The van der Waals surface area contributed by atoms with Crippen molar-refractivity contribution in [2.45, 2.75) is 6.42 Å². The lowest BCUT2D eigenvalue weighted by molar-refractivity contribution is 0.0992. The lowest BCUT2D eigenvalue weighted by atomic mass is 9.91. The van der Waals surface area contributed by atoms with Crippen molar-refractivity contribution in [2.24, 2.45) is 0 Å². The van der Waals surface area contributed by atoms with Gasteiger partial charge in [0.05, 0.1) is 10.9 Å². The molecule has 3 heteroatoms. The summed E-state index contributed by atoms with van der Waals surface area (Å²) in [5, 5.41) is 20.9. The summed E-state index contributed by atoms with van der Waals surface area (Å²) in [7, 11) is 0. The molecule has 0 radical (unpaired) electrons. The number of rotatable bonds is 0. The van der Waals surface area contributed by atoms with E-state index in [0.29, 0.717) is 22.9 Å². The van der Waals surface area contributed by atoms with Crippen molar-refractivity contribution in [1.29, 1.82) is 0 Å². The van der Waals surface area contributed by atoms with Gasteiger partial charge in [-0.1, -0.05) is 24.3 Å². The molecule has 0 bridgehead atoms. The van der Waals surface area contributed by atoms with Gasteiger partial charge in [-0.25, -0.2) is 0 Å². The maximum atomic E-state index is 11.8. The maximum Gasteiger partial charge on any atom is 0.170 e. The first-order valence-corrected chi connectivity index (χ1v) is 5.36. The minimum atomic E-state index is -0.120. The fourth-order valence-corrected chi connectivity index (χ4v) is 2.26. The lowest BCUT2D eigenvalue weighted by Crippen LogP contribution is -2.04. The Labute approximate surface area is 97.6 Å². The first-order chi connectivity index (χ1) is 8.18. The number of fused-ring (bicyclic) bond motifs is 2. The van der Waals surface area contributed by atoms with Crippen LogP contribution in [-0.4, -0.2) is 16.0 Å². The fraction of sp³-hybridized carbons (Fsp3) is 0.0714. The van der Waals surface area contributed by atoms with E-state index in [-0.39, 0.29) is 17.3 Å². The average molecular weight is 226 g/mol. The van der Waals surface area contributed by atoms with E-state index in [9.17, 15) is 15.0 Å². The first-order valence-electron chi connectivity index (χ1n) is 5.36. The van der Waals surface area contributed by atoms with Gasteiger partial charge in [0.15, 0.2) is 5.78 Å². The summed E-state index contributed by atoms with van der Waals surface area (Å²) < 4.78 is 0. The van der Waals surface area contributed by atoms with Gasteiger partial charge in [-0.2, -0.15) is 0 Å². The normalized spacial score (nSPS) is 14.0. The predicted octanol–water partition coefficient (Wildman–Crippen LogP) is 2.85. The highest BCUT2D eigenvalue weighted by Crippen LogP contribution is 2.39. The summed E-state index contributed by atoms with van der Waals surface area (Å²) in [6, 6.07) is 6.80. The van der Waals surface area contributed by atoms with Crippen LogP contribution in [0, 0.1) is 0 Å². The van der Waals surface area contributed by atoms with E-state index in [4.69, 9.17) is 0 Å². The van der Waals surface area contributed by atoms with Gasteiger partial charge in [0.2, 0.25) is 0 Å². The molecule has 0 fully saturated rings. The van der Waals surface area contributed by atoms with E-state index in [2.05, 4.69) is 0 Å². The number of ketones is 1. The van der Waals surface area contributed by atoms with Gasteiger partial charge in [-0.3, -0.25) is 4.79 Å². The fourth-order valence-electron chi connectivity index (χ4n) is 2.26. The summed E-state index contributed by atoms with van der Waals surface area (Å²) >= 11 is 0. The van der Waals surface area contributed by atoms with Crippen molar-refractivity contribution in [3.8, 4) is 11.5 Å². The Morgan fingerprint density at radius 2 is 2.00 bits per heavy atom. The van der Waals surface area contributed by atoms with Crippen molar-refractivity contribution < 1.29 is 15.0 Å². The molecule has 1 aliphatic carbocycles. The number of phenolic OH excluding ortho intramolecular Hbond substituents is 2. The van der Waals surface area contributed by atoms with Crippen LogP contribution in [0.5, 0.6) is 11.5 Å². The molecular weight excluding hydrogens is 216 g/mol. The number of allylic oxidation sites excluding steroid dienone is 1. The monoisotopic (exact) mass is 226 g/mol. The molecule has 0 heterocycles. The number of benzene rings is 2. The van der Waals surface area contributed by atoms with Crippen molar-refractivity contribution >= 4 is 22.6 Å². The third-order valence-corrected chi connectivity index (χ3v) is 3.03. The Hall–Kier alpha value is -2.29. The van der Waals surface area contributed by atoms with Gasteiger partial charge in [0, 0.05) is 6.42 Å². The molecule has 0 amide bonds. The van der Waals surface area contributed by atoms with Gasteiger partial charge < -0.3 is 10.2 Å². The van der Waals surface area contributed by atoms with Crippen LogP contribution in [0.15, 0.2) is 30.3 Å². The van der Waals surface area contributed by atoms with Crippen molar-refractivity contribution in [3.05, 3.63) is 41.5 Å². The molecule has 1 aliphatic rings. The van der Waals surface area contributed by atoms with Gasteiger partial charge in [0.1, 0.15) is 11.5 Å². The largest absolute Gasteiger partial charge is 0.507 e. The van der Waals surface area contributed by atoms with Gasteiger partial charge in [0.25, 0.3) is 0 Å². The second kappa shape index (κ2) is 3.35. The average Bonchev–Trinajstić information content (AvgIpc) is 2.28. The number of hydrogen-bond donors (Lipinski definition) is 2. The smallest absolute Gasteiger partial charge is 0.170 e. The molecule has 0 unspecified atom stereocenters. The van der Waals surface area contributed by atoms with Crippen molar-refractivity contribution in [1.82, 2.24) is 0 Å². The third kappa shape index (κ3) is 1.32. The predicted molar refractivity (Wildman–Crippen MR) is 65.3 cm³/mol. The summed E-state index contributed by atoms with van der Waals surface area (Å²) in [5.74, 6) is -0.250. The van der Waals surface area contributed by atoms with Gasteiger partial charge in [-0.15, -0.1) is 0 Å². The quantitative estimate of drug-likeness (QED) is 0.726. The lowest BCUT2D eigenvalue weighted by Gasteiger charge is -2.14. The van der Waals surface area contributed by atoms with Crippen molar-refractivity contribution in [3.63, 3.8) is 0 Å². The van der Waals surface area contributed by atoms with Crippen LogP contribution < -0.4 is 0 Å². The zero-order valence-corrected chi connectivity index (χ0v) is 8.97. The van der Waals surface area contributed by atoms with E-state index in [1.165, 1.54) is 6.07 Å². The molecule has 2 N–H and O–H groups in total. The second-order valence-electron chi connectivity index (χ2n) is 4.09. The summed E-state index contributed by atoms with van der Waals surface area (Å²) in [4.78, 5) is 11.8. The molecule has 17 heavy (non-hydrogen) atoms. The number of Topliss-reactive ketones (excluding diaryl/α,β-unsaturated/α-hetero) is 1. The molecule has 3 nitrogen and oxygen atoms in total. The Morgan fingerprint density at radius 3 is 2.82 bits per heavy atom. The summed E-state index contributed by atoms with van der Waals surface area (Å²) in [6.07, 6.45) is 3.89. The molecule has 3 rings (SSSR count). The minimum absolute atomic E-state index is 0.00912. The highest BCUT2D eigenvalue weighted by Gasteiger charge is 2.21. The Morgan fingerprint density at radius 1 is 1.18 bits per heavy atom. The van der Waals surface area contributed by atoms with E-state index in [1.807, 2.05) is 6.08 Å². The molecule has 0 spiro atoms. The Bertz CT molecular complexity index is 669. The minimum Gasteiger partial charge on any atom is -0.507 e. The highest BCUT2D eigenvalue weighted by atomic mass is 16.3. The molecule has 0 saturated heterocycles. The van der Waals surface area contributed by atoms with Crippen LogP contribution in [0.1, 0.15) is 22.3 Å². The van der Waals surface area contributed by atoms with E-state index in [1.54, 1.807) is 24.3 Å². The first kappa shape index (κ1) is 9.90. The van der Waals surface area contributed by atoms with Gasteiger partial charge >= 0.3 is 0 Å². The summed E-state index contributed by atoms with van der Waals surface area (Å²) in [5.41, 5.74) is 1.01.